The quantitative estimate of drug-likeness (QED) is 0.800. The van der Waals surface area contributed by atoms with Crippen molar-refractivity contribution in [2.24, 2.45) is 0 Å². The maximum Gasteiger partial charge on any atom is 0.263 e. The van der Waals surface area contributed by atoms with Gasteiger partial charge in [-0.25, -0.2) is 4.98 Å². The summed E-state index contributed by atoms with van der Waals surface area (Å²) >= 11 is 4.96. The molecule has 3 heterocycles. The SMILES string of the molecule is COc1cc2c(cc1Br)N(c1nc3c(s1)C(=O)NC(C)(C)C3)CCO2. The number of carbonyl (C=O) groups excluding carboxylic acids is 1. The summed E-state index contributed by atoms with van der Waals surface area (Å²) < 4.78 is 12.0. The number of methoxy groups -OCH3 is 1. The number of aromatic nitrogens is 1. The number of halogens is 1. The summed E-state index contributed by atoms with van der Waals surface area (Å²) in [4.78, 5) is 20.0. The molecule has 0 fully saturated rings. The third kappa shape index (κ3) is 2.87. The molecule has 0 saturated heterocycles. The molecule has 0 radical (unpaired) electrons. The van der Waals surface area contributed by atoms with E-state index in [1.165, 1.54) is 11.3 Å². The van der Waals surface area contributed by atoms with E-state index >= 15 is 0 Å². The van der Waals surface area contributed by atoms with E-state index in [9.17, 15) is 4.79 Å². The van der Waals surface area contributed by atoms with Crippen molar-refractivity contribution in [1.29, 1.82) is 0 Å². The van der Waals surface area contributed by atoms with E-state index in [1.54, 1.807) is 7.11 Å². The standard InChI is InChI=1S/C17H18BrN3O3S/c1-17(2)8-10-14(15(22)20-17)25-16(19-10)21-4-5-24-13-7-12(23-3)9(18)6-11(13)21/h6-7H,4-5,8H2,1-3H3,(H,20,22). The van der Waals surface area contributed by atoms with Crippen molar-refractivity contribution in [2.45, 2.75) is 25.8 Å². The van der Waals surface area contributed by atoms with Crippen LogP contribution in [0, 0.1) is 0 Å². The highest BCUT2D eigenvalue weighted by atomic mass is 79.9. The molecule has 2 aliphatic heterocycles. The van der Waals surface area contributed by atoms with Crippen molar-refractivity contribution >= 4 is 44.0 Å². The van der Waals surface area contributed by atoms with Crippen molar-refractivity contribution in [3.8, 4) is 11.5 Å². The van der Waals surface area contributed by atoms with Gasteiger partial charge >= 0.3 is 0 Å². The summed E-state index contributed by atoms with van der Waals surface area (Å²) in [6, 6.07) is 3.84. The van der Waals surface area contributed by atoms with Gasteiger partial charge in [-0.3, -0.25) is 4.79 Å². The number of nitrogens with one attached hydrogen (secondary N) is 1. The number of benzene rings is 1. The average molecular weight is 424 g/mol. The van der Waals surface area contributed by atoms with Crippen LogP contribution >= 0.6 is 27.3 Å². The Balaban J connectivity index is 1.76. The Bertz CT molecular complexity index is 865. The van der Waals surface area contributed by atoms with E-state index in [0.29, 0.717) is 18.0 Å². The summed E-state index contributed by atoms with van der Waals surface area (Å²) in [5.41, 5.74) is 1.52. The van der Waals surface area contributed by atoms with E-state index < -0.39 is 0 Å². The first-order chi connectivity index (χ1) is 11.9. The molecule has 0 bridgehead atoms. The maximum absolute atomic E-state index is 12.4. The van der Waals surface area contributed by atoms with Crippen LogP contribution in [0.5, 0.6) is 11.5 Å². The molecule has 1 amide bonds. The molecule has 0 aliphatic carbocycles. The lowest BCUT2D eigenvalue weighted by molar-refractivity contribution is 0.0901. The minimum absolute atomic E-state index is 0.0422. The van der Waals surface area contributed by atoms with Gasteiger partial charge in [-0.15, -0.1) is 0 Å². The molecule has 2 aliphatic rings. The van der Waals surface area contributed by atoms with Crippen molar-refractivity contribution in [3.63, 3.8) is 0 Å². The van der Waals surface area contributed by atoms with Crippen molar-refractivity contribution in [3.05, 3.63) is 27.2 Å². The Morgan fingerprint density at radius 2 is 2.24 bits per heavy atom. The Labute approximate surface area is 158 Å². The van der Waals surface area contributed by atoms with Crippen LogP contribution < -0.4 is 19.7 Å². The smallest absolute Gasteiger partial charge is 0.263 e. The van der Waals surface area contributed by atoms with Gasteiger partial charge in [0.1, 0.15) is 23.0 Å². The number of thiazole rings is 1. The lowest BCUT2D eigenvalue weighted by atomic mass is 9.94. The molecule has 0 unspecified atom stereocenters. The van der Waals surface area contributed by atoms with Gasteiger partial charge in [0.25, 0.3) is 5.91 Å². The fraction of sp³-hybridized carbons (Fsp3) is 0.412. The van der Waals surface area contributed by atoms with Crippen LogP contribution in [0.2, 0.25) is 0 Å². The Morgan fingerprint density at radius 1 is 1.44 bits per heavy atom. The van der Waals surface area contributed by atoms with Crippen LogP contribution in [-0.4, -0.2) is 36.7 Å². The largest absolute Gasteiger partial charge is 0.495 e. The fourth-order valence-corrected chi connectivity index (χ4v) is 4.66. The van der Waals surface area contributed by atoms with Gasteiger partial charge in [-0.2, -0.15) is 0 Å². The van der Waals surface area contributed by atoms with Crippen LogP contribution in [0.4, 0.5) is 10.8 Å². The average Bonchev–Trinajstić information content (AvgIpc) is 2.96. The number of rotatable bonds is 2. The molecule has 6 nitrogen and oxygen atoms in total. The number of amides is 1. The molecular formula is C17H18BrN3O3S. The molecule has 25 heavy (non-hydrogen) atoms. The molecule has 4 rings (SSSR count). The van der Waals surface area contributed by atoms with Crippen LogP contribution in [0.1, 0.15) is 29.2 Å². The zero-order valence-electron chi connectivity index (χ0n) is 14.2. The highest BCUT2D eigenvalue weighted by Crippen LogP contribution is 2.44. The third-order valence-corrected chi connectivity index (χ3v) is 6.02. The summed E-state index contributed by atoms with van der Waals surface area (Å²) in [6.45, 7) is 5.27. The summed E-state index contributed by atoms with van der Waals surface area (Å²) in [7, 11) is 1.63. The van der Waals surface area contributed by atoms with Gasteiger partial charge in [0.2, 0.25) is 0 Å². The van der Waals surface area contributed by atoms with E-state index in [1.807, 2.05) is 26.0 Å². The summed E-state index contributed by atoms with van der Waals surface area (Å²) in [5.74, 6) is 1.43. The molecule has 8 heteroatoms. The normalized spacial score (nSPS) is 18.1. The second kappa shape index (κ2) is 5.88. The number of anilines is 2. The second-order valence-electron chi connectivity index (χ2n) is 6.74. The number of ether oxygens (including phenoxy) is 2. The van der Waals surface area contributed by atoms with E-state index in [2.05, 4.69) is 26.1 Å². The van der Waals surface area contributed by atoms with Gasteiger partial charge in [-0.05, 0) is 35.8 Å². The molecule has 0 spiro atoms. The van der Waals surface area contributed by atoms with E-state index in [4.69, 9.17) is 14.5 Å². The Morgan fingerprint density at radius 3 is 3.00 bits per heavy atom. The minimum atomic E-state index is -0.269. The van der Waals surface area contributed by atoms with Gasteiger partial charge < -0.3 is 19.7 Å². The van der Waals surface area contributed by atoms with Crippen molar-refractivity contribution in [1.82, 2.24) is 10.3 Å². The zero-order chi connectivity index (χ0) is 17.8. The molecule has 1 aromatic carbocycles. The number of hydrogen-bond donors (Lipinski definition) is 1. The van der Waals surface area contributed by atoms with Crippen LogP contribution in [0.25, 0.3) is 0 Å². The topological polar surface area (TPSA) is 63.7 Å². The number of hydrogen-bond acceptors (Lipinski definition) is 6. The third-order valence-electron chi connectivity index (χ3n) is 4.28. The predicted octanol–water partition coefficient (Wildman–Crippen LogP) is 3.51. The predicted molar refractivity (Wildman–Crippen MR) is 101 cm³/mol. The molecule has 0 saturated carbocycles. The van der Waals surface area contributed by atoms with Gasteiger partial charge in [-0.1, -0.05) is 11.3 Å². The fourth-order valence-electron chi connectivity index (χ4n) is 3.15. The monoisotopic (exact) mass is 423 g/mol. The Kier molecular flexibility index (Phi) is 3.92. The van der Waals surface area contributed by atoms with Crippen LogP contribution in [0.15, 0.2) is 16.6 Å². The number of fused-ring (bicyclic) bond motifs is 2. The van der Waals surface area contributed by atoms with Crippen LogP contribution in [0.3, 0.4) is 0 Å². The van der Waals surface area contributed by atoms with Gasteiger partial charge in [0, 0.05) is 18.0 Å². The molecule has 1 aromatic heterocycles. The van der Waals surface area contributed by atoms with Crippen molar-refractivity contribution < 1.29 is 14.3 Å². The van der Waals surface area contributed by atoms with E-state index in [-0.39, 0.29) is 11.4 Å². The molecular weight excluding hydrogens is 406 g/mol. The minimum Gasteiger partial charge on any atom is -0.495 e. The molecule has 1 N–H and O–H groups in total. The number of carbonyl (C=O) groups is 1. The number of nitrogens with zero attached hydrogens (tertiary/aromatic N) is 2. The second-order valence-corrected chi connectivity index (χ2v) is 8.57. The first kappa shape index (κ1) is 16.7. The van der Waals surface area contributed by atoms with Crippen LogP contribution in [-0.2, 0) is 6.42 Å². The lowest BCUT2D eigenvalue weighted by Crippen LogP contribution is -2.48. The summed E-state index contributed by atoms with van der Waals surface area (Å²) in [6.07, 6.45) is 0.730. The van der Waals surface area contributed by atoms with Gasteiger partial charge in [0.05, 0.1) is 29.5 Å². The maximum atomic E-state index is 12.4. The Hall–Kier alpha value is -1.80. The first-order valence-corrected chi connectivity index (χ1v) is 9.59. The summed E-state index contributed by atoms with van der Waals surface area (Å²) in [5, 5.41) is 3.85. The molecule has 0 atom stereocenters. The first-order valence-electron chi connectivity index (χ1n) is 7.98. The molecule has 2 aromatic rings. The zero-order valence-corrected chi connectivity index (χ0v) is 16.6. The van der Waals surface area contributed by atoms with E-state index in [0.717, 1.165) is 38.9 Å². The highest BCUT2D eigenvalue weighted by Gasteiger charge is 2.35. The lowest BCUT2D eigenvalue weighted by Gasteiger charge is -2.30. The molecule has 132 valence electrons. The van der Waals surface area contributed by atoms with Crippen molar-refractivity contribution in [2.75, 3.05) is 25.2 Å². The highest BCUT2D eigenvalue weighted by molar-refractivity contribution is 9.10. The van der Waals surface area contributed by atoms with Gasteiger partial charge in [0.15, 0.2) is 5.13 Å².